The van der Waals surface area contributed by atoms with Crippen LogP contribution in [-0.2, 0) is 17.9 Å². The lowest BCUT2D eigenvalue weighted by Crippen LogP contribution is -2.10. The molecule has 0 spiro atoms. The van der Waals surface area contributed by atoms with E-state index in [-0.39, 0.29) is 0 Å². The maximum absolute atomic E-state index is 5.91. The predicted octanol–water partition coefficient (Wildman–Crippen LogP) is 6.74. The average molecular weight is 431 g/mol. The molecule has 3 rings (SSSR count). The summed E-state index contributed by atoms with van der Waals surface area (Å²) < 4.78 is 5.91. The molecule has 1 aromatic carbocycles. The zero-order valence-corrected chi connectivity index (χ0v) is 19.6. The number of allylic oxidation sites excluding steroid dienone is 2. The predicted molar refractivity (Wildman–Crippen MR) is 136 cm³/mol. The van der Waals surface area contributed by atoms with Gasteiger partial charge in [-0.2, -0.15) is 0 Å². The second-order valence-electron chi connectivity index (χ2n) is 8.19. The third-order valence-electron chi connectivity index (χ3n) is 5.15. The number of rotatable bonds is 10. The summed E-state index contributed by atoms with van der Waals surface area (Å²) in [6.07, 6.45) is 9.77. The summed E-state index contributed by atoms with van der Waals surface area (Å²) in [5, 5.41) is 3.56. The molecule has 1 aromatic heterocycles. The van der Waals surface area contributed by atoms with Crippen LogP contribution in [0.2, 0.25) is 0 Å². The minimum atomic E-state index is 0.493. The number of para-hydroxylation sites is 1. The van der Waals surface area contributed by atoms with Gasteiger partial charge in [0.2, 0.25) is 0 Å². The minimum Gasteiger partial charge on any atom is -0.375 e. The highest BCUT2D eigenvalue weighted by Gasteiger charge is 2.15. The number of anilines is 2. The third-order valence-corrected chi connectivity index (χ3v) is 5.15. The first-order chi connectivity index (χ1) is 15.6. The second kappa shape index (κ2) is 12.1. The smallest absolute Gasteiger partial charge is 0.0888 e. The highest BCUT2D eigenvalue weighted by atomic mass is 16.5. The molecular weight excluding hydrogens is 396 g/mol. The number of nitrogens with one attached hydrogen (secondary N) is 1. The normalized spacial score (nSPS) is 13.9. The first-order valence-electron chi connectivity index (χ1n) is 11.4. The van der Waals surface area contributed by atoms with Gasteiger partial charge in [-0.1, -0.05) is 45.0 Å². The Bertz CT molecular complexity index is 1000. The second-order valence-corrected chi connectivity index (χ2v) is 8.19. The van der Waals surface area contributed by atoms with Crippen LogP contribution in [0, 0.1) is 5.92 Å². The lowest BCUT2D eigenvalue weighted by Gasteiger charge is -2.15. The molecule has 1 aliphatic rings. The number of hydrogen-bond donors (Lipinski definition) is 1. The number of aliphatic imine (C=N–C) groups is 2. The molecule has 1 N–H and O–H groups in total. The Hall–Kier alpha value is -3.05. The van der Waals surface area contributed by atoms with Gasteiger partial charge in [0, 0.05) is 29.7 Å². The van der Waals surface area contributed by atoms with Crippen molar-refractivity contribution in [2.24, 2.45) is 15.9 Å². The van der Waals surface area contributed by atoms with Crippen molar-refractivity contribution in [1.29, 1.82) is 0 Å². The summed E-state index contributed by atoms with van der Waals surface area (Å²) in [4.78, 5) is 14.3. The molecule has 0 amide bonds. The van der Waals surface area contributed by atoms with Crippen LogP contribution in [0.4, 0.5) is 11.4 Å². The van der Waals surface area contributed by atoms with Crippen LogP contribution < -0.4 is 5.32 Å². The molecule has 5 nitrogen and oxygen atoms in total. The van der Waals surface area contributed by atoms with Crippen LogP contribution in [0.25, 0.3) is 6.08 Å². The molecule has 2 heterocycles. The van der Waals surface area contributed by atoms with Crippen LogP contribution in [0.5, 0.6) is 0 Å². The van der Waals surface area contributed by atoms with E-state index >= 15 is 0 Å². The van der Waals surface area contributed by atoms with Gasteiger partial charge in [-0.15, -0.1) is 0 Å². The van der Waals surface area contributed by atoms with Gasteiger partial charge in [-0.3, -0.25) is 15.0 Å². The number of aromatic nitrogens is 1. The van der Waals surface area contributed by atoms with E-state index in [9.17, 15) is 0 Å². The van der Waals surface area contributed by atoms with E-state index in [1.165, 1.54) is 0 Å². The van der Waals surface area contributed by atoms with E-state index in [0.717, 1.165) is 59.2 Å². The van der Waals surface area contributed by atoms with Gasteiger partial charge >= 0.3 is 0 Å². The summed E-state index contributed by atoms with van der Waals surface area (Å²) in [6, 6.07) is 12.3. The molecule has 0 fully saturated rings. The van der Waals surface area contributed by atoms with E-state index in [0.29, 0.717) is 19.1 Å². The third kappa shape index (κ3) is 6.72. The van der Waals surface area contributed by atoms with Crippen molar-refractivity contribution >= 4 is 28.9 Å². The highest BCUT2D eigenvalue weighted by molar-refractivity contribution is 6.47. The Kier molecular flexibility index (Phi) is 8.93. The first kappa shape index (κ1) is 23.6. The van der Waals surface area contributed by atoms with E-state index in [1.54, 1.807) is 0 Å². The molecule has 0 bridgehead atoms. The van der Waals surface area contributed by atoms with Crippen LogP contribution in [0.1, 0.15) is 57.5 Å². The van der Waals surface area contributed by atoms with Crippen molar-refractivity contribution in [2.45, 2.75) is 53.7 Å². The number of fused-ring (bicyclic) bond motifs is 1. The van der Waals surface area contributed by atoms with Crippen LogP contribution >= 0.6 is 0 Å². The fourth-order valence-electron chi connectivity index (χ4n) is 3.39. The number of nitrogens with zero attached hydrogens (tertiary/aromatic N) is 3. The molecule has 168 valence electrons. The SMILES string of the molecule is C/C=C\N=C(CC)C1=NCc2nc(COCCC(C)C)cc(Nc3ccccc3)c2C=C1. The summed E-state index contributed by atoms with van der Waals surface area (Å²) in [7, 11) is 0. The molecular formula is C27H34N4O. The first-order valence-corrected chi connectivity index (χ1v) is 11.4. The number of hydrogen-bond acceptors (Lipinski definition) is 5. The maximum atomic E-state index is 5.91. The van der Waals surface area contributed by atoms with E-state index in [1.807, 2.05) is 43.5 Å². The fourth-order valence-corrected chi connectivity index (χ4v) is 3.39. The van der Waals surface area contributed by atoms with Gasteiger partial charge < -0.3 is 10.1 Å². The van der Waals surface area contributed by atoms with Gasteiger partial charge in [0.05, 0.1) is 36.0 Å². The molecule has 0 saturated carbocycles. The molecule has 2 aromatic rings. The quantitative estimate of drug-likeness (QED) is 0.335. The molecule has 0 aliphatic carbocycles. The Morgan fingerprint density at radius 1 is 1.22 bits per heavy atom. The molecule has 0 unspecified atom stereocenters. The van der Waals surface area contributed by atoms with Crippen molar-refractivity contribution in [3.8, 4) is 0 Å². The number of benzene rings is 1. The summed E-state index contributed by atoms with van der Waals surface area (Å²) in [6.45, 7) is 10.2. The Morgan fingerprint density at radius 2 is 2.03 bits per heavy atom. The Labute approximate surface area is 192 Å². The Balaban J connectivity index is 1.91. The van der Waals surface area contributed by atoms with Crippen LogP contribution in [0.3, 0.4) is 0 Å². The lowest BCUT2D eigenvalue weighted by molar-refractivity contribution is 0.108. The van der Waals surface area contributed by atoms with Gasteiger partial charge in [0.25, 0.3) is 0 Å². The van der Waals surface area contributed by atoms with Gasteiger partial charge in [0.1, 0.15) is 0 Å². The molecule has 0 radical (unpaired) electrons. The van der Waals surface area contributed by atoms with Crippen molar-refractivity contribution in [3.63, 3.8) is 0 Å². The monoisotopic (exact) mass is 430 g/mol. The topological polar surface area (TPSA) is 58.9 Å². The molecule has 32 heavy (non-hydrogen) atoms. The van der Waals surface area contributed by atoms with Gasteiger partial charge in [0.15, 0.2) is 0 Å². The summed E-state index contributed by atoms with van der Waals surface area (Å²) in [5.74, 6) is 0.625. The number of pyridine rings is 1. The summed E-state index contributed by atoms with van der Waals surface area (Å²) in [5.41, 5.74) is 6.85. The molecule has 1 aliphatic heterocycles. The lowest BCUT2D eigenvalue weighted by atomic mass is 10.1. The summed E-state index contributed by atoms with van der Waals surface area (Å²) >= 11 is 0. The van der Waals surface area contributed by atoms with Gasteiger partial charge in [-0.25, -0.2) is 0 Å². The average Bonchev–Trinajstić information content (AvgIpc) is 3.01. The molecule has 0 atom stereocenters. The zero-order valence-electron chi connectivity index (χ0n) is 19.6. The van der Waals surface area contributed by atoms with Crippen LogP contribution in [0.15, 0.2) is 64.7 Å². The van der Waals surface area contributed by atoms with Gasteiger partial charge in [-0.05, 0) is 56.0 Å². The molecule has 5 heteroatoms. The van der Waals surface area contributed by atoms with Crippen molar-refractivity contribution in [3.05, 3.63) is 71.7 Å². The standard InChI is InChI=1S/C27H34N4O/c1-5-15-28-24(6-2)25-13-12-23-26(30-21-10-8-7-9-11-21)17-22(31-27(23)18-29-25)19-32-16-14-20(3)4/h5,7-13,15,17,20H,6,14,16,18-19H2,1-4H3,(H,30,31)/b15-5-,28-24?. The van der Waals surface area contributed by atoms with Crippen LogP contribution in [-0.4, -0.2) is 23.0 Å². The zero-order chi connectivity index (χ0) is 22.8. The number of ether oxygens (including phenoxy) is 1. The van der Waals surface area contributed by atoms with Crippen molar-refractivity contribution in [1.82, 2.24) is 4.98 Å². The maximum Gasteiger partial charge on any atom is 0.0888 e. The highest BCUT2D eigenvalue weighted by Crippen LogP contribution is 2.28. The van der Waals surface area contributed by atoms with E-state index < -0.39 is 0 Å². The fraction of sp³-hybridized carbons (Fsp3) is 0.370. The van der Waals surface area contributed by atoms with E-state index in [4.69, 9.17) is 14.7 Å². The van der Waals surface area contributed by atoms with Crippen molar-refractivity contribution in [2.75, 3.05) is 11.9 Å². The Morgan fingerprint density at radius 3 is 2.75 bits per heavy atom. The minimum absolute atomic E-state index is 0.493. The molecule has 0 saturated heterocycles. The van der Waals surface area contributed by atoms with E-state index in [2.05, 4.69) is 55.4 Å². The van der Waals surface area contributed by atoms with Crippen molar-refractivity contribution < 1.29 is 4.74 Å². The largest absolute Gasteiger partial charge is 0.375 e.